The first-order valence-electron chi connectivity index (χ1n) is 9.13. The van der Waals surface area contributed by atoms with Crippen molar-refractivity contribution < 1.29 is 4.79 Å². The third-order valence-electron chi connectivity index (χ3n) is 5.29. The van der Waals surface area contributed by atoms with Crippen molar-refractivity contribution >= 4 is 35.0 Å². The average Bonchev–Trinajstić information content (AvgIpc) is 2.70. The van der Waals surface area contributed by atoms with E-state index >= 15 is 0 Å². The predicted octanol–water partition coefficient (Wildman–Crippen LogP) is 5.18. The van der Waals surface area contributed by atoms with Gasteiger partial charge in [0.05, 0.1) is 29.2 Å². The molecule has 0 N–H and O–H groups in total. The monoisotopic (exact) mass is 409 g/mol. The lowest BCUT2D eigenvalue weighted by molar-refractivity contribution is -0.129. The van der Waals surface area contributed by atoms with Gasteiger partial charge in [-0.3, -0.25) is 9.69 Å². The Hall–Kier alpha value is -2.42. The molecule has 1 saturated heterocycles. The van der Waals surface area contributed by atoms with E-state index in [-0.39, 0.29) is 11.8 Å². The molecule has 2 aromatic carbocycles. The number of aryl methyl sites for hydroxylation is 2. The fraction of sp³-hybridized carbons (Fsp3) is 0.273. The maximum Gasteiger partial charge on any atom is 0.229 e. The molecule has 28 heavy (non-hydrogen) atoms. The largest absolute Gasteiger partial charge is 0.344 e. The Labute approximate surface area is 174 Å². The van der Waals surface area contributed by atoms with Crippen LogP contribution in [0.4, 0.5) is 5.69 Å². The highest BCUT2D eigenvalue weighted by Crippen LogP contribution is 2.43. The summed E-state index contributed by atoms with van der Waals surface area (Å²) in [5.74, 6) is 0.553. The molecular formula is C22H20ClN3OS. The van der Waals surface area contributed by atoms with E-state index in [1.54, 1.807) is 16.7 Å². The Morgan fingerprint density at radius 2 is 1.93 bits per heavy atom. The van der Waals surface area contributed by atoms with Crippen molar-refractivity contribution in [2.75, 3.05) is 17.4 Å². The van der Waals surface area contributed by atoms with Crippen LogP contribution in [0.15, 0.2) is 53.1 Å². The summed E-state index contributed by atoms with van der Waals surface area (Å²) in [5.41, 5.74) is 4.88. The molecule has 0 unspecified atom stereocenters. The maximum absolute atomic E-state index is 13.0. The Bertz CT molecular complexity index is 1010. The summed E-state index contributed by atoms with van der Waals surface area (Å²) in [5, 5.41) is 11.4. The molecule has 4 rings (SSSR count). The third kappa shape index (κ3) is 3.39. The van der Waals surface area contributed by atoms with E-state index in [0.29, 0.717) is 29.6 Å². The minimum Gasteiger partial charge on any atom is -0.344 e. The van der Waals surface area contributed by atoms with E-state index < -0.39 is 0 Å². The second-order valence-electron chi connectivity index (χ2n) is 7.21. The van der Waals surface area contributed by atoms with Gasteiger partial charge in [-0.15, -0.1) is 0 Å². The molecule has 0 aromatic heterocycles. The summed E-state index contributed by atoms with van der Waals surface area (Å²) in [6.07, 6.45) is 0.318. The zero-order valence-electron chi connectivity index (χ0n) is 15.8. The SMILES string of the molecule is Cc1ccc([C@@H]2CC(=O)N3CN(c4ccc(C)c(Cl)c4)CSC3=C2C#N)cc1. The quantitative estimate of drug-likeness (QED) is 0.685. The van der Waals surface area contributed by atoms with Gasteiger partial charge in [0.2, 0.25) is 5.91 Å². The molecule has 0 aliphatic carbocycles. The second-order valence-corrected chi connectivity index (χ2v) is 8.55. The molecule has 2 aromatic rings. The van der Waals surface area contributed by atoms with Gasteiger partial charge in [0, 0.05) is 23.0 Å². The first kappa shape index (κ1) is 18.9. The number of nitrogens with zero attached hydrogens (tertiary/aromatic N) is 3. The Balaban J connectivity index is 1.65. The number of amides is 1. The van der Waals surface area contributed by atoms with Gasteiger partial charge in [-0.1, -0.05) is 59.3 Å². The smallest absolute Gasteiger partial charge is 0.229 e. The molecule has 0 spiro atoms. The predicted molar refractivity (Wildman–Crippen MR) is 114 cm³/mol. The van der Waals surface area contributed by atoms with Gasteiger partial charge in [-0.25, -0.2) is 0 Å². The zero-order valence-corrected chi connectivity index (χ0v) is 17.3. The fourth-order valence-corrected chi connectivity index (χ4v) is 4.93. The van der Waals surface area contributed by atoms with Crippen LogP contribution < -0.4 is 4.90 Å². The Kier molecular flexibility index (Phi) is 5.09. The summed E-state index contributed by atoms with van der Waals surface area (Å²) < 4.78 is 0. The number of rotatable bonds is 2. The van der Waals surface area contributed by atoms with Crippen molar-refractivity contribution in [3.8, 4) is 6.07 Å². The second kappa shape index (κ2) is 7.54. The Morgan fingerprint density at radius 3 is 2.61 bits per heavy atom. The highest BCUT2D eigenvalue weighted by molar-refractivity contribution is 8.03. The van der Waals surface area contributed by atoms with Gasteiger partial charge in [0.15, 0.2) is 0 Å². The summed E-state index contributed by atoms with van der Waals surface area (Å²) in [6, 6.07) is 16.4. The molecule has 1 fully saturated rings. The summed E-state index contributed by atoms with van der Waals surface area (Å²) in [6.45, 7) is 4.44. The molecule has 0 radical (unpaired) electrons. The van der Waals surface area contributed by atoms with Gasteiger partial charge >= 0.3 is 0 Å². The Morgan fingerprint density at radius 1 is 1.18 bits per heavy atom. The summed E-state index contributed by atoms with van der Waals surface area (Å²) in [4.78, 5) is 16.8. The van der Waals surface area contributed by atoms with Crippen LogP contribution in [0.1, 0.15) is 29.0 Å². The van der Waals surface area contributed by atoms with E-state index in [1.165, 1.54) is 0 Å². The van der Waals surface area contributed by atoms with Gasteiger partial charge in [-0.2, -0.15) is 5.26 Å². The van der Waals surface area contributed by atoms with Crippen LogP contribution in [0, 0.1) is 25.2 Å². The lowest BCUT2D eigenvalue weighted by atomic mass is 9.86. The fourth-order valence-electron chi connectivity index (χ4n) is 3.59. The van der Waals surface area contributed by atoms with Crippen molar-refractivity contribution in [2.45, 2.75) is 26.2 Å². The number of benzene rings is 2. The minimum absolute atomic E-state index is 0.0509. The molecule has 2 heterocycles. The molecule has 0 saturated carbocycles. The maximum atomic E-state index is 13.0. The number of allylic oxidation sites excluding steroid dienone is 1. The molecule has 6 heteroatoms. The van der Waals surface area contributed by atoms with Gasteiger partial charge < -0.3 is 4.90 Å². The van der Waals surface area contributed by atoms with Crippen LogP contribution in [0.5, 0.6) is 0 Å². The normalized spacial score (nSPS) is 19.5. The van der Waals surface area contributed by atoms with E-state index in [1.807, 2.05) is 56.3 Å². The van der Waals surface area contributed by atoms with Crippen molar-refractivity contribution in [2.24, 2.45) is 0 Å². The van der Waals surface area contributed by atoms with Crippen LogP contribution in [0.25, 0.3) is 0 Å². The van der Waals surface area contributed by atoms with Crippen LogP contribution in [0.2, 0.25) is 5.02 Å². The number of thioether (sulfide) groups is 1. The van der Waals surface area contributed by atoms with Gasteiger partial charge in [-0.05, 0) is 37.1 Å². The topological polar surface area (TPSA) is 47.3 Å². The van der Waals surface area contributed by atoms with Gasteiger partial charge in [0.1, 0.15) is 0 Å². The van der Waals surface area contributed by atoms with Crippen molar-refractivity contribution in [1.29, 1.82) is 5.26 Å². The number of anilines is 1. The highest BCUT2D eigenvalue weighted by atomic mass is 35.5. The average molecular weight is 410 g/mol. The van der Waals surface area contributed by atoms with E-state index in [4.69, 9.17) is 11.6 Å². The number of carbonyl (C=O) groups excluding carboxylic acids is 1. The highest BCUT2D eigenvalue weighted by Gasteiger charge is 2.38. The first-order valence-corrected chi connectivity index (χ1v) is 10.5. The summed E-state index contributed by atoms with van der Waals surface area (Å²) in [7, 11) is 0. The molecular weight excluding hydrogens is 390 g/mol. The molecule has 1 atom stereocenters. The van der Waals surface area contributed by atoms with E-state index in [2.05, 4.69) is 11.0 Å². The molecule has 142 valence electrons. The van der Waals surface area contributed by atoms with Crippen LogP contribution in [-0.2, 0) is 4.79 Å². The number of carbonyl (C=O) groups is 1. The van der Waals surface area contributed by atoms with Crippen LogP contribution in [-0.4, -0.2) is 23.4 Å². The third-order valence-corrected chi connectivity index (χ3v) is 6.86. The van der Waals surface area contributed by atoms with Gasteiger partial charge in [0.25, 0.3) is 0 Å². The number of hydrogen-bond acceptors (Lipinski definition) is 4. The van der Waals surface area contributed by atoms with Crippen molar-refractivity contribution in [3.63, 3.8) is 0 Å². The molecule has 4 nitrogen and oxygen atoms in total. The van der Waals surface area contributed by atoms with E-state index in [9.17, 15) is 10.1 Å². The minimum atomic E-state index is -0.169. The number of nitriles is 1. The lowest BCUT2D eigenvalue weighted by Crippen LogP contribution is -2.47. The van der Waals surface area contributed by atoms with Crippen molar-refractivity contribution in [3.05, 3.63) is 74.8 Å². The van der Waals surface area contributed by atoms with Crippen molar-refractivity contribution in [1.82, 2.24) is 4.90 Å². The molecule has 1 amide bonds. The number of fused-ring (bicyclic) bond motifs is 1. The molecule has 0 bridgehead atoms. The summed E-state index contributed by atoms with van der Waals surface area (Å²) >= 11 is 7.82. The van der Waals surface area contributed by atoms with E-state index in [0.717, 1.165) is 27.4 Å². The number of hydrogen-bond donors (Lipinski definition) is 0. The lowest BCUT2D eigenvalue weighted by Gasteiger charge is -2.42. The molecule has 2 aliphatic heterocycles. The number of halogens is 1. The standard InChI is InChI=1S/C22H20ClN3OS/c1-14-3-6-16(7-4-14)18-10-21(27)26-12-25(13-28-22(26)19(18)11-24)17-8-5-15(2)20(23)9-17/h3-9,18H,10,12-13H2,1-2H3/t18-/m0/s1. The van der Waals surface area contributed by atoms with Crippen LogP contribution >= 0.6 is 23.4 Å². The molecule has 2 aliphatic rings. The first-order chi connectivity index (χ1) is 13.5. The zero-order chi connectivity index (χ0) is 19.8. The van der Waals surface area contributed by atoms with Crippen LogP contribution in [0.3, 0.4) is 0 Å².